The molecular formula is C29H26ClF3N4O2. The topological polar surface area (TPSA) is 84.0 Å². The molecule has 1 heterocycles. The van der Waals surface area contributed by atoms with Gasteiger partial charge in [0.1, 0.15) is 0 Å². The van der Waals surface area contributed by atoms with Gasteiger partial charge in [0.15, 0.2) is 5.82 Å². The number of nitrogens with zero attached hydrogens (tertiary/aromatic N) is 2. The van der Waals surface area contributed by atoms with Crippen molar-refractivity contribution in [2.24, 2.45) is 5.41 Å². The number of hydrogen-bond acceptors (Lipinski definition) is 4. The maximum absolute atomic E-state index is 13.2. The molecule has 0 saturated heterocycles. The van der Waals surface area contributed by atoms with Crippen molar-refractivity contribution in [2.75, 3.05) is 5.32 Å². The van der Waals surface area contributed by atoms with Gasteiger partial charge in [0, 0.05) is 34.3 Å². The van der Waals surface area contributed by atoms with Crippen LogP contribution in [-0.4, -0.2) is 21.8 Å². The molecule has 6 nitrogen and oxygen atoms in total. The van der Waals surface area contributed by atoms with Gasteiger partial charge in [-0.15, -0.1) is 0 Å². The van der Waals surface area contributed by atoms with Crippen molar-refractivity contribution >= 4 is 40.0 Å². The van der Waals surface area contributed by atoms with E-state index in [1.807, 2.05) is 20.8 Å². The van der Waals surface area contributed by atoms with E-state index >= 15 is 0 Å². The Hall–Kier alpha value is -3.98. The molecule has 0 aliphatic rings. The van der Waals surface area contributed by atoms with E-state index in [2.05, 4.69) is 20.6 Å². The molecule has 1 aromatic heterocycles. The third-order valence-corrected chi connectivity index (χ3v) is 6.33. The fraction of sp³-hybridized carbons (Fsp3) is 0.241. The van der Waals surface area contributed by atoms with Gasteiger partial charge in [-0.1, -0.05) is 50.6 Å². The second-order valence-electron chi connectivity index (χ2n) is 10.1. The average Bonchev–Trinajstić information content (AvgIpc) is 2.86. The predicted molar refractivity (Wildman–Crippen MR) is 145 cm³/mol. The number of rotatable bonds is 5. The van der Waals surface area contributed by atoms with Crippen molar-refractivity contribution in [1.29, 1.82) is 0 Å². The number of alkyl halides is 3. The van der Waals surface area contributed by atoms with E-state index < -0.39 is 23.1 Å². The number of aryl methyl sites for hydroxylation is 1. The molecule has 2 N–H and O–H groups in total. The summed E-state index contributed by atoms with van der Waals surface area (Å²) in [5.41, 5.74) is 1.27. The van der Waals surface area contributed by atoms with Crippen molar-refractivity contribution in [3.05, 3.63) is 88.1 Å². The SMILES string of the molecule is Cc1nc(-c2cccc(C(F)(F)F)c2)nc2cc(NC(=O)c3cc(CNC(=O)C(C)(C)C)ccc3Cl)ccc12. The number of halogens is 4. The van der Waals surface area contributed by atoms with Gasteiger partial charge in [0.2, 0.25) is 5.91 Å². The number of amides is 2. The Labute approximate surface area is 228 Å². The molecule has 4 rings (SSSR count). The minimum Gasteiger partial charge on any atom is -0.352 e. The number of carbonyl (C=O) groups excluding carboxylic acids is 2. The van der Waals surface area contributed by atoms with E-state index in [0.717, 1.165) is 12.1 Å². The van der Waals surface area contributed by atoms with Crippen LogP contribution in [0.2, 0.25) is 5.02 Å². The second kappa shape index (κ2) is 10.6. The number of anilines is 1. The summed E-state index contributed by atoms with van der Waals surface area (Å²) in [6, 6.07) is 14.8. The van der Waals surface area contributed by atoms with Crippen molar-refractivity contribution in [3.63, 3.8) is 0 Å². The normalized spacial score (nSPS) is 11.9. The number of benzene rings is 3. The summed E-state index contributed by atoms with van der Waals surface area (Å²) in [6.45, 7) is 7.39. The van der Waals surface area contributed by atoms with Crippen LogP contribution in [0.4, 0.5) is 18.9 Å². The number of aromatic nitrogens is 2. The van der Waals surface area contributed by atoms with Crippen molar-refractivity contribution in [1.82, 2.24) is 15.3 Å². The first kappa shape index (κ1) is 28.0. The van der Waals surface area contributed by atoms with Crippen LogP contribution in [-0.2, 0) is 17.5 Å². The molecule has 10 heteroatoms. The summed E-state index contributed by atoms with van der Waals surface area (Å²) in [5.74, 6) is -0.448. The van der Waals surface area contributed by atoms with E-state index in [1.54, 1.807) is 43.3 Å². The zero-order valence-electron chi connectivity index (χ0n) is 21.7. The van der Waals surface area contributed by atoms with E-state index in [4.69, 9.17) is 11.6 Å². The molecule has 4 aromatic rings. The van der Waals surface area contributed by atoms with Gasteiger partial charge in [-0.05, 0) is 55.0 Å². The van der Waals surface area contributed by atoms with Gasteiger partial charge in [-0.2, -0.15) is 13.2 Å². The molecule has 2 amide bonds. The second-order valence-corrected chi connectivity index (χ2v) is 10.6. The van der Waals surface area contributed by atoms with Crippen LogP contribution >= 0.6 is 11.6 Å². The van der Waals surface area contributed by atoms with Crippen LogP contribution in [0.1, 0.15) is 48.0 Å². The molecule has 39 heavy (non-hydrogen) atoms. The van der Waals surface area contributed by atoms with Crippen molar-refractivity contribution < 1.29 is 22.8 Å². The molecular weight excluding hydrogens is 529 g/mol. The summed E-state index contributed by atoms with van der Waals surface area (Å²) < 4.78 is 39.6. The Morgan fingerprint density at radius 1 is 0.949 bits per heavy atom. The first-order valence-corrected chi connectivity index (χ1v) is 12.4. The first-order valence-electron chi connectivity index (χ1n) is 12.1. The van der Waals surface area contributed by atoms with E-state index in [9.17, 15) is 22.8 Å². The summed E-state index contributed by atoms with van der Waals surface area (Å²) in [7, 11) is 0. The van der Waals surface area contributed by atoms with Gasteiger partial charge >= 0.3 is 6.18 Å². The molecule has 0 fully saturated rings. The van der Waals surface area contributed by atoms with Gasteiger partial charge in [0.25, 0.3) is 5.91 Å². The lowest BCUT2D eigenvalue weighted by Crippen LogP contribution is -2.34. The van der Waals surface area contributed by atoms with E-state index in [1.165, 1.54) is 12.1 Å². The maximum Gasteiger partial charge on any atom is 0.416 e. The molecule has 0 aliphatic heterocycles. The Kier molecular flexibility index (Phi) is 7.66. The maximum atomic E-state index is 13.2. The van der Waals surface area contributed by atoms with Gasteiger partial charge in [0.05, 0.1) is 21.7 Å². The number of carbonyl (C=O) groups is 2. The van der Waals surface area contributed by atoms with Crippen LogP contribution in [0.25, 0.3) is 22.3 Å². The predicted octanol–water partition coefficient (Wildman–Crippen LogP) is 7.19. The molecule has 0 radical (unpaired) electrons. The van der Waals surface area contributed by atoms with Crippen LogP contribution in [0.15, 0.2) is 60.7 Å². The molecule has 3 aromatic carbocycles. The number of nitrogens with one attached hydrogen (secondary N) is 2. The number of hydrogen-bond donors (Lipinski definition) is 2. The van der Waals surface area contributed by atoms with Gasteiger partial charge in [-0.25, -0.2) is 9.97 Å². The Balaban J connectivity index is 1.59. The van der Waals surface area contributed by atoms with Gasteiger partial charge in [-0.3, -0.25) is 9.59 Å². The van der Waals surface area contributed by atoms with E-state index in [0.29, 0.717) is 27.8 Å². The molecule has 0 saturated carbocycles. The van der Waals surface area contributed by atoms with Crippen LogP contribution in [0, 0.1) is 12.3 Å². The van der Waals surface area contributed by atoms with Crippen LogP contribution in [0.5, 0.6) is 0 Å². The monoisotopic (exact) mass is 554 g/mol. The Bertz CT molecular complexity index is 1580. The standard InChI is InChI=1S/C29H26ClF3N4O2/c1-16-21-10-9-20(14-24(21)37-25(35-16)18-6-5-7-19(13-18)29(31,32)33)36-26(38)22-12-17(8-11-23(22)30)15-34-27(39)28(2,3)4/h5-14H,15H2,1-4H3,(H,34,39)(H,36,38). The van der Waals surface area contributed by atoms with Gasteiger partial charge < -0.3 is 10.6 Å². The highest BCUT2D eigenvalue weighted by molar-refractivity contribution is 6.34. The minimum atomic E-state index is -4.49. The lowest BCUT2D eigenvalue weighted by molar-refractivity contribution is -0.137. The molecule has 202 valence electrons. The molecule has 0 unspecified atom stereocenters. The molecule has 0 spiro atoms. The lowest BCUT2D eigenvalue weighted by atomic mass is 9.95. The third-order valence-electron chi connectivity index (χ3n) is 6.00. The van der Waals surface area contributed by atoms with Crippen LogP contribution < -0.4 is 10.6 Å². The molecule has 0 aliphatic carbocycles. The fourth-order valence-corrected chi connectivity index (χ4v) is 4.04. The first-order chi connectivity index (χ1) is 18.2. The lowest BCUT2D eigenvalue weighted by Gasteiger charge is -2.18. The van der Waals surface area contributed by atoms with Crippen molar-refractivity contribution in [3.8, 4) is 11.4 Å². The number of fused-ring (bicyclic) bond motifs is 1. The highest BCUT2D eigenvalue weighted by Gasteiger charge is 2.30. The highest BCUT2D eigenvalue weighted by atomic mass is 35.5. The summed E-state index contributed by atoms with van der Waals surface area (Å²) >= 11 is 6.29. The smallest absolute Gasteiger partial charge is 0.352 e. The molecule has 0 atom stereocenters. The average molecular weight is 555 g/mol. The Morgan fingerprint density at radius 2 is 1.69 bits per heavy atom. The Morgan fingerprint density at radius 3 is 2.38 bits per heavy atom. The zero-order valence-corrected chi connectivity index (χ0v) is 22.5. The minimum absolute atomic E-state index is 0.124. The van der Waals surface area contributed by atoms with E-state index in [-0.39, 0.29) is 34.4 Å². The highest BCUT2D eigenvalue weighted by Crippen LogP contribution is 2.32. The summed E-state index contributed by atoms with van der Waals surface area (Å²) in [6.07, 6.45) is -4.49. The summed E-state index contributed by atoms with van der Waals surface area (Å²) in [4.78, 5) is 34.1. The van der Waals surface area contributed by atoms with Crippen molar-refractivity contribution in [2.45, 2.75) is 40.4 Å². The fourth-order valence-electron chi connectivity index (χ4n) is 3.83. The third kappa shape index (κ3) is 6.54. The summed E-state index contributed by atoms with van der Waals surface area (Å²) in [5, 5.41) is 6.57. The van der Waals surface area contributed by atoms with Crippen LogP contribution in [0.3, 0.4) is 0 Å². The molecule has 0 bridgehead atoms. The largest absolute Gasteiger partial charge is 0.416 e. The quantitative estimate of drug-likeness (QED) is 0.273. The zero-order chi connectivity index (χ0) is 28.5.